The molecular formula is C12H18N4O2. The quantitative estimate of drug-likeness (QED) is 0.832. The summed E-state index contributed by atoms with van der Waals surface area (Å²) < 4.78 is 1.76. The van der Waals surface area contributed by atoms with Crippen molar-refractivity contribution < 1.29 is 9.59 Å². The van der Waals surface area contributed by atoms with E-state index in [1.165, 1.54) is 0 Å². The maximum absolute atomic E-state index is 12.4. The number of carbonyl (C=O) groups excluding carboxylic acids is 2. The number of hydrogen-bond donors (Lipinski definition) is 1. The Morgan fingerprint density at radius 1 is 1.44 bits per heavy atom. The van der Waals surface area contributed by atoms with Crippen LogP contribution >= 0.6 is 0 Å². The van der Waals surface area contributed by atoms with Crippen LogP contribution in [-0.4, -0.2) is 33.7 Å². The molecule has 1 fully saturated rings. The molecule has 0 bridgehead atoms. The molecule has 1 aliphatic rings. The number of aromatic nitrogens is 2. The van der Waals surface area contributed by atoms with Gasteiger partial charge in [-0.05, 0) is 20.8 Å². The summed E-state index contributed by atoms with van der Waals surface area (Å²) in [6.45, 7) is 6.56. The molecule has 0 spiro atoms. The zero-order valence-corrected chi connectivity index (χ0v) is 10.9. The number of carbonyl (C=O) groups is 2. The summed E-state index contributed by atoms with van der Waals surface area (Å²) in [6, 6.07) is 0. The van der Waals surface area contributed by atoms with Crippen LogP contribution in [0.1, 0.15) is 27.2 Å². The fourth-order valence-corrected chi connectivity index (χ4v) is 2.03. The van der Waals surface area contributed by atoms with Crippen molar-refractivity contribution in [2.75, 3.05) is 11.4 Å². The summed E-state index contributed by atoms with van der Waals surface area (Å²) in [6.07, 6.45) is 3.80. The molecule has 1 aliphatic heterocycles. The second kappa shape index (κ2) is 4.44. The van der Waals surface area contributed by atoms with Gasteiger partial charge in [0.1, 0.15) is 5.54 Å². The molecule has 1 N–H and O–H groups in total. The van der Waals surface area contributed by atoms with Crippen LogP contribution in [0.15, 0.2) is 12.4 Å². The van der Waals surface area contributed by atoms with Gasteiger partial charge >= 0.3 is 0 Å². The monoisotopic (exact) mass is 250 g/mol. The molecule has 0 aliphatic carbocycles. The molecule has 1 aromatic heterocycles. The minimum atomic E-state index is -0.873. The SMILES string of the molecule is CCn1cc(N2CCC(=O)NC(C)(C)C2=O)cn1. The molecular weight excluding hydrogens is 232 g/mol. The van der Waals surface area contributed by atoms with E-state index in [4.69, 9.17) is 0 Å². The lowest BCUT2D eigenvalue weighted by Gasteiger charge is -2.27. The Kier molecular flexibility index (Phi) is 3.11. The van der Waals surface area contributed by atoms with Crippen LogP contribution in [0.25, 0.3) is 0 Å². The fraction of sp³-hybridized carbons (Fsp3) is 0.583. The predicted octanol–water partition coefficient (Wildman–Crippen LogP) is 0.534. The number of nitrogens with zero attached hydrogens (tertiary/aromatic N) is 3. The lowest BCUT2D eigenvalue weighted by Crippen LogP contribution is -2.52. The van der Waals surface area contributed by atoms with E-state index in [0.29, 0.717) is 13.0 Å². The Morgan fingerprint density at radius 2 is 2.17 bits per heavy atom. The zero-order chi connectivity index (χ0) is 13.3. The molecule has 6 nitrogen and oxygen atoms in total. The highest BCUT2D eigenvalue weighted by Gasteiger charge is 2.37. The highest BCUT2D eigenvalue weighted by molar-refractivity contribution is 6.03. The predicted molar refractivity (Wildman–Crippen MR) is 67.1 cm³/mol. The molecule has 0 aromatic carbocycles. The van der Waals surface area contributed by atoms with Crippen molar-refractivity contribution in [1.82, 2.24) is 15.1 Å². The summed E-state index contributed by atoms with van der Waals surface area (Å²) in [5, 5.41) is 6.89. The number of hydrogen-bond acceptors (Lipinski definition) is 3. The summed E-state index contributed by atoms with van der Waals surface area (Å²) in [5.74, 6) is -0.206. The van der Waals surface area contributed by atoms with Gasteiger partial charge in [0.25, 0.3) is 5.91 Å². The average Bonchev–Trinajstić information content (AvgIpc) is 2.73. The first kappa shape index (κ1) is 12.6. The van der Waals surface area contributed by atoms with E-state index >= 15 is 0 Å². The lowest BCUT2D eigenvalue weighted by atomic mass is 10.0. The van der Waals surface area contributed by atoms with Crippen LogP contribution in [0.4, 0.5) is 5.69 Å². The van der Waals surface area contributed by atoms with E-state index in [1.54, 1.807) is 29.6 Å². The third-order valence-corrected chi connectivity index (χ3v) is 3.05. The molecule has 0 atom stereocenters. The van der Waals surface area contributed by atoms with Gasteiger partial charge in [-0.15, -0.1) is 0 Å². The van der Waals surface area contributed by atoms with Gasteiger partial charge in [0.05, 0.1) is 11.9 Å². The Morgan fingerprint density at radius 3 is 2.78 bits per heavy atom. The molecule has 2 heterocycles. The number of aryl methyl sites for hydroxylation is 1. The van der Waals surface area contributed by atoms with Crippen LogP contribution in [0.5, 0.6) is 0 Å². The first-order chi connectivity index (χ1) is 8.44. The van der Waals surface area contributed by atoms with Gasteiger partial charge in [-0.3, -0.25) is 14.3 Å². The number of amides is 2. The van der Waals surface area contributed by atoms with E-state index in [1.807, 2.05) is 13.1 Å². The average molecular weight is 250 g/mol. The van der Waals surface area contributed by atoms with Crippen molar-refractivity contribution in [3.05, 3.63) is 12.4 Å². The van der Waals surface area contributed by atoms with Crippen LogP contribution in [0.2, 0.25) is 0 Å². The third-order valence-electron chi connectivity index (χ3n) is 3.05. The Labute approximate surface area is 106 Å². The van der Waals surface area contributed by atoms with Gasteiger partial charge in [0.2, 0.25) is 5.91 Å². The minimum Gasteiger partial charge on any atom is -0.342 e. The van der Waals surface area contributed by atoms with Crippen molar-refractivity contribution >= 4 is 17.5 Å². The van der Waals surface area contributed by atoms with Gasteiger partial charge in [0, 0.05) is 25.7 Å². The maximum Gasteiger partial charge on any atom is 0.252 e. The summed E-state index contributed by atoms with van der Waals surface area (Å²) >= 11 is 0. The number of nitrogens with one attached hydrogen (secondary N) is 1. The largest absolute Gasteiger partial charge is 0.342 e. The first-order valence-electron chi connectivity index (χ1n) is 6.09. The Bertz CT molecular complexity index is 478. The highest BCUT2D eigenvalue weighted by Crippen LogP contribution is 2.20. The molecule has 98 valence electrons. The van der Waals surface area contributed by atoms with E-state index in [0.717, 1.165) is 12.2 Å². The third kappa shape index (κ3) is 2.23. The van der Waals surface area contributed by atoms with Crippen molar-refractivity contribution in [2.24, 2.45) is 0 Å². The molecule has 0 saturated carbocycles. The van der Waals surface area contributed by atoms with Crippen molar-refractivity contribution in [1.29, 1.82) is 0 Å². The first-order valence-corrected chi connectivity index (χ1v) is 6.09. The van der Waals surface area contributed by atoms with Gasteiger partial charge in [-0.1, -0.05) is 0 Å². The van der Waals surface area contributed by atoms with E-state index in [2.05, 4.69) is 10.4 Å². The summed E-state index contributed by atoms with van der Waals surface area (Å²) in [7, 11) is 0. The zero-order valence-electron chi connectivity index (χ0n) is 10.9. The van der Waals surface area contributed by atoms with Crippen molar-refractivity contribution in [3.8, 4) is 0 Å². The molecule has 18 heavy (non-hydrogen) atoms. The minimum absolute atomic E-state index is 0.0984. The molecule has 1 saturated heterocycles. The summed E-state index contributed by atoms with van der Waals surface area (Å²) in [5.41, 5.74) is -0.131. The molecule has 6 heteroatoms. The normalized spacial score (nSPS) is 19.6. The number of anilines is 1. The second-order valence-electron chi connectivity index (χ2n) is 4.93. The second-order valence-corrected chi connectivity index (χ2v) is 4.93. The lowest BCUT2D eigenvalue weighted by molar-refractivity contribution is -0.128. The molecule has 0 unspecified atom stereocenters. The Balaban J connectivity index is 2.31. The van der Waals surface area contributed by atoms with E-state index in [9.17, 15) is 9.59 Å². The van der Waals surface area contributed by atoms with Crippen LogP contribution in [0.3, 0.4) is 0 Å². The van der Waals surface area contributed by atoms with Crippen molar-refractivity contribution in [2.45, 2.75) is 39.3 Å². The van der Waals surface area contributed by atoms with Gasteiger partial charge in [-0.2, -0.15) is 5.10 Å². The standard InChI is InChI=1S/C12H18N4O2/c1-4-15-8-9(7-13-15)16-6-5-10(17)14-12(2,3)11(16)18/h7-8H,4-6H2,1-3H3,(H,14,17). The molecule has 2 amide bonds. The highest BCUT2D eigenvalue weighted by atomic mass is 16.2. The van der Waals surface area contributed by atoms with Crippen molar-refractivity contribution in [3.63, 3.8) is 0 Å². The van der Waals surface area contributed by atoms with E-state index < -0.39 is 5.54 Å². The van der Waals surface area contributed by atoms with Gasteiger partial charge in [0.15, 0.2) is 0 Å². The fourth-order valence-electron chi connectivity index (χ4n) is 2.03. The van der Waals surface area contributed by atoms with Crippen LogP contribution in [0, 0.1) is 0 Å². The number of rotatable bonds is 2. The van der Waals surface area contributed by atoms with Gasteiger partial charge < -0.3 is 10.2 Å². The topological polar surface area (TPSA) is 67.2 Å². The molecule has 2 rings (SSSR count). The van der Waals surface area contributed by atoms with E-state index in [-0.39, 0.29) is 11.8 Å². The van der Waals surface area contributed by atoms with Crippen LogP contribution < -0.4 is 10.2 Å². The molecule has 1 aromatic rings. The summed E-state index contributed by atoms with van der Waals surface area (Å²) in [4.78, 5) is 25.6. The van der Waals surface area contributed by atoms with Crippen LogP contribution in [-0.2, 0) is 16.1 Å². The maximum atomic E-state index is 12.4. The smallest absolute Gasteiger partial charge is 0.252 e. The Hall–Kier alpha value is -1.85. The molecule has 0 radical (unpaired) electrons. The van der Waals surface area contributed by atoms with Gasteiger partial charge in [-0.25, -0.2) is 0 Å².